The molecule has 12 heteroatoms. The lowest BCUT2D eigenvalue weighted by atomic mass is 10.0. The van der Waals surface area contributed by atoms with Crippen LogP contribution in [0.4, 0.5) is 0 Å². The molecule has 1 aliphatic heterocycles. The Kier molecular flexibility index (Phi) is 10.7. The Bertz CT molecular complexity index is 679. The third kappa shape index (κ3) is 8.79. The summed E-state index contributed by atoms with van der Waals surface area (Å²) in [6.07, 6.45) is 1.89. The molecule has 0 spiro atoms. The van der Waals surface area contributed by atoms with E-state index in [0.29, 0.717) is 32.2 Å². The fourth-order valence-electron chi connectivity index (χ4n) is 3.48. The number of carboxylic acid groups (broad SMARTS) is 1. The maximum Gasteiger partial charge on any atom is 0.326 e. The second-order valence-corrected chi connectivity index (χ2v) is 7.99. The van der Waals surface area contributed by atoms with Crippen molar-refractivity contribution >= 4 is 29.7 Å². The van der Waals surface area contributed by atoms with Crippen LogP contribution in [-0.2, 0) is 19.2 Å². The zero-order valence-electron chi connectivity index (χ0n) is 18.2. The molecule has 12 nitrogen and oxygen atoms in total. The van der Waals surface area contributed by atoms with Gasteiger partial charge in [-0.25, -0.2) is 4.79 Å². The summed E-state index contributed by atoms with van der Waals surface area (Å²) in [5.74, 6) is -2.55. The third-order valence-electron chi connectivity index (χ3n) is 4.93. The van der Waals surface area contributed by atoms with Crippen LogP contribution in [0.5, 0.6) is 0 Å². The van der Waals surface area contributed by atoms with Crippen molar-refractivity contribution in [1.82, 2.24) is 15.5 Å². The Hall–Kier alpha value is -2.89. The zero-order chi connectivity index (χ0) is 23.6. The average molecular weight is 442 g/mol. The molecule has 1 saturated heterocycles. The van der Waals surface area contributed by atoms with Crippen molar-refractivity contribution in [2.24, 2.45) is 28.1 Å². The molecule has 3 amide bonds. The molecule has 0 saturated carbocycles. The van der Waals surface area contributed by atoms with Gasteiger partial charge in [-0.1, -0.05) is 13.8 Å². The van der Waals surface area contributed by atoms with Gasteiger partial charge in [0.1, 0.15) is 18.1 Å². The highest BCUT2D eigenvalue weighted by Gasteiger charge is 2.38. The van der Waals surface area contributed by atoms with Gasteiger partial charge in [-0.3, -0.25) is 19.4 Å². The normalized spacial score (nSPS) is 17.7. The largest absolute Gasteiger partial charge is 0.480 e. The number of carbonyl (C=O) groups excluding carboxylic acids is 3. The number of carbonyl (C=O) groups is 4. The number of hydrogen-bond donors (Lipinski definition) is 6. The van der Waals surface area contributed by atoms with E-state index in [4.69, 9.17) is 17.2 Å². The summed E-state index contributed by atoms with van der Waals surface area (Å²) in [5, 5.41) is 14.7. The van der Waals surface area contributed by atoms with Crippen molar-refractivity contribution in [2.45, 2.75) is 64.1 Å². The molecule has 0 aromatic heterocycles. The second kappa shape index (κ2) is 12.7. The van der Waals surface area contributed by atoms with Crippen LogP contribution in [-0.4, -0.2) is 77.4 Å². The van der Waals surface area contributed by atoms with Crippen molar-refractivity contribution < 1.29 is 24.3 Å². The number of guanidine groups is 1. The van der Waals surface area contributed by atoms with Crippen LogP contribution in [0.2, 0.25) is 0 Å². The molecule has 0 bridgehead atoms. The molecular formula is C19H35N7O5. The second-order valence-electron chi connectivity index (χ2n) is 7.99. The number of aliphatic imine (C=N–C) groups is 1. The van der Waals surface area contributed by atoms with Crippen molar-refractivity contribution in [1.29, 1.82) is 0 Å². The smallest absolute Gasteiger partial charge is 0.326 e. The molecule has 0 aromatic carbocycles. The van der Waals surface area contributed by atoms with Crippen LogP contribution < -0.4 is 27.8 Å². The molecular weight excluding hydrogens is 406 g/mol. The maximum atomic E-state index is 13.1. The summed E-state index contributed by atoms with van der Waals surface area (Å²) in [5.41, 5.74) is 16.0. The summed E-state index contributed by atoms with van der Waals surface area (Å²) in [7, 11) is 0. The van der Waals surface area contributed by atoms with Crippen molar-refractivity contribution in [3.8, 4) is 0 Å². The molecule has 0 radical (unpaired) electrons. The van der Waals surface area contributed by atoms with Gasteiger partial charge in [0, 0.05) is 13.1 Å². The van der Waals surface area contributed by atoms with Gasteiger partial charge in [-0.15, -0.1) is 0 Å². The fourth-order valence-corrected chi connectivity index (χ4v) is 3.48. The Morgan fingerprint density at radius 3 is 2.39 bits per heavy atom. The van der Waals surface area contributed by atoms with Crippen LogP contribution in [0.25, 0.3) is 0 Å². The van der Waals surface area contributed by atoms with Gasteiger partial charge in [0.05, 0.1) is 6.54 Å². The molecule has 3 unspecified atom stereocenters. The highest BCUT2D eigenvalue weighted by molar-refractivity contribution is 5.93. The van der Waals surface area contributed by atoms with Crippen molar-refractivity contribution in [3.63, 3.8) is 0 Å². The van der Waals surface area contributed by atoms with E-state index in [1.54, 1.807) is 0 Å². The molecule has 0 aromatic rings. The Morgan fingerprint density at radius 1 is 1.16 bits per heavy atom. The molecule has 1 heterocycles. The lowest BCUT2D eigenvalue weighted by Crippen LogP contribution is -2.56. The Morgan fingerprint density at radius 2 is 1.84 bits per heavy atom. The van der Waals surface area contributed by atoms with Crippen molar-refractivity contribution in [3.05, 3.63) is 0 Å². The number of aliphatic carboxylic acids is 1. The first-order valence-corrected chi connectivity index (χ1v) is 10.4. The van der Waals surface area contributed by atoms with E-state index in [1.807, 2.05) is 13.8 Å². The van der Waals surface area contributed by atoms with E-state index in [2.05, 4.69) is 15.6 Å². The first-order chi connectivity index (χ1) is 14.6. The predicted octanol–water partition coefficient (Wildman–Crippen LogP) is -1.91. The van der Waals surface area contributed by atoms with E-state index < -0.39 is 41.8 Å². The van der Waals surface area contributed by atoms with Crippen LogP contribution in [0.15, 0.2) is 4.99 Å². The molecule has 0 aliphatic carbocycles. The quantitative estimate of drug-likeness (QED) is 0.114. The van der Waals surface area contributed by atoms with Crippen LogP contribution in [0.1, 0.15) is 46.0 Å². The SMILES string of the molecule is CC(C)CC(NC(=O)CN)C(=O)NC(CCCN=C(N)N)C(=O)N1CCCC1C(=O)O. The lowest BCUT2D eigenvalue weighted by molar-refractivity contribution is -0.149. The molecule has 1 fully saturated rings. The molecule has 1 aliphatic rings. The number of nitrogens with zero attached hydrogens (tertiary/aromatic N) is 2. The standard InChI is InChI=1S/C19H35N7O5/c1-11(2)9-13(24-15(27)10-20)16(28)25-12(5-3-7-23-19(21)22)17(29)26-8-4-6-14(26)18(30)31/h11-14H,3-10,20H2,1-2H3,(H,24,27)(H,25,28)(H,30,31)(H4,21,22,23). The fraction of sp³-hybridized carbons (Fsp3) is 0.737. The molecule has 9 N–H and O–H groups in total. The van der Waals surface area contributed by atoms with Gasteiger partial charge in [-0.05, 0) is 38.0 Å². The number of nitrogens with one attached hydrogen (secondary N) is 2. The number of carboxylic acids is 1. The van der Waals surface area contributed by atoms with E-state index in [1.165, 1.54) is 4.90 Å². The number of rotatable bonds is 12. The van der Waals surface area contributed by atoms with Crippen molar-refractivity contribution in [2.75, 3.05) is 19.6 Å². The van der Waals surface area contributed by atoms with Crippen LogP contribution >= 0.6 is 0 Å². The lowest BCUT2D eigenvalue weighted by Gasteiger charge is -2.29. The minimum atomic E-state index is -1.08. The monoisotopic (exact) mass is 441 g/mol. The van der Waals surface area contributed by atoms with E-state index in [0.717, 1.165) is 0 Å². The topological polar surface area (TPSA) is 206 Å². The zero-order valence-corrected chi connectivity index (χ0v) is 18.2. The maximum absolute atomic E-state index is 13.1. The average Bonchev–Trinajstić information content (AvgIpc) is 3.18. The van der Waals surface area contributed by atoms with E-state index >= 15 is 0 Å². The van der Waals surface area contributed by atoms with Gasteiger partial charge in [0.15, 0.2) is 5.96 Å². The number of amides is 3. The van der Waals surface area contributed by atoms with Gasteiger partial charge >= 0.3 is 5.97 Å². The number of likely N-dealkylation sites (tertiary alicyclic amines) is 1. The molecule has 1 rings (SSSR count). The van der Waals surface area contributed by atoms with E-state index in [-0.39, 0.29) is 31.4 Å². The molecule has 3 atom stereocenters. The Labute approximate surface area is 182 Å². The first-order valence-electron chi connectivity index (χ1n) is 10.4. The summed E-state index contributed by atoms with van der Waals surface area (Å²) < 4.78 is 0. The molecule has 31 heavy (non-hydrogen) atoms. The third-order valence-corrected chi connectivity index (χ3v) is 4.93. The minimum Gasteiger partial charge on any atom is -0.480 e. The van der Waals surface area contributed by atoms with E-state index in [9.17, 15) is 24.3 Å². The molecule has 176 valence electrons. The highest BCUT2D eigenvalue weighted by Crippen LogP contribution is 2.20. The predicted molar refractivity (Wildman–Crippen MR) is 115 cm³/mol. The first kappa shape index (κ1) is 26.1. The number of hydrogen-bond acceptors (Lipinski definition) is 6. The summed E-state index contributed by atoms with van der Waals surface area (Å²) in [6.45, 7) is 4.08. The van der Waals surface area contributed by atoms with Gasteiger partial charge in [0.25, 0.3) is 0 Å². The summed E-state index contributed by atoms with van der Waals surface area (Å²) in [4.78, 5) is 54.4. The number of nitrogens with two attached hydrogens (primary N) is 3. The summed E-state index contributed by atoms with van der Waals surface area (Å²) >= 11 is 0. The van der Waals surface area contributed by atoms with Crippen LogP contribution in [0, 0.1) is 5.92 Å². The van der Waals surface area contributed by atoms with Crippen LogP contribution in [0.3, 0.4) is 0 Å². The highest BCUT2D eigenvalue weighted by atomic mass is 16.4. The van der Waals surface area contributed by atoms with Gasteiger partial charge < -0.3 is 37.8 Å². The van der Waals surface area contributed by atoms with Gasteiger partial charge in [-0.2, -0.15) is 0 Å². The minimum absolute atomic E-state index is 0.0844. The Balaban J connectivity index is 2.98. The van der Waals surface area contributed by atoms with Gasteiger partial charge in [0.2, 0.25) is 17.7 Å². The summed E-state index contributed by atoms with van der Waals surface area (Å²) in [6, 6.07) is -2.75.